The Kier molecular flexibility index (Phi) is 5.97. The Morgan fingerprint density at radius 2 is 1.79 bits per heavy atom. The number of rotatable bonds is 7. The summed E-state index contributed by atoms with van der Waals surface area (Å²) >= 11 is 0. The van der Waals surface area contributed by atoms with Crippen LogP contribution in [0.3, 0.4) is 0 Å². The Morgan fingerprint density at radius 3 is 2.32 bits per heavy atom. The van der Waals surface area contributed by atoms with Gasteiger partial charge in [0.1, 0.15) is 5.54 Å². The molecule has 0 aromatic heterocycles. The summed E-state index contributed by atoms with van der Waals surface area (Å²) in [6.07, 6.45) is 1.07. The molecule has 1 aromatic carbocycles. The van der Waals surface area contributed by atoms with Gasteiger partial charge in [0, 0.05) is 6.54 Å². The van der Waals surface area contributed by atoms with Crippen molar-refractivity contribution in [2.75, 3.05) is 40.8 Å². The molecule has 0 saturated carbocycles. The minimum absolute atomic E-state index is 0.543. The van der Waals surface area contributed by atoms with E-state index in [1.165, 1.54) is 0 Å². The van der Waals surface area contributed by atoms with Gasteiger partial charge >= 0.3 is 0 Å². The summed E-state index contributed by atoms with van der Waals surface area (Å²) in [5.41, 5.74) is 6.17. The average Bonchev–Trinajstić information content (AvgIpc) is 2.39. The molecule has 4 nitrogen and oxygen atoms in total. The number of hydrogen-bond donors (Lipinski definition) is 1. The molecule has 1 aromatic rings. The van der Waals surface area contributed by atoms with Gasteiger partial charge in [-0.2, -0.15) is 5.26 Å². The molecule has 0 spiro atoms. The monoisotopic (exact) mass is 260 g/mol. The lowest BCUT2D eigenvalue weighted by molar-refractivity contribution is 0.263. The molecule has 0 saturated heterocycles. The molecule has 1 atom stereocenters. The van der Waals surface area contributed by atoms with Crippen molar-refractivity contribution in [3.8, 4) is 6.07 Å². The first-order valence-electron chi connectivity index (χ1n) is 6.57. The molecule has 0 aliphatic carbocycles. The first-order chi connectivity index (χ1) is 8.98. The van der Waals surface area contributed by atoms with Gasteiger partial charge in [0.15, 0.2) is 0 Å². The fourth-order valence-corrected chi connectivity index (χ4v) is 2.09. The number of benzene rings is 1. The molecular formula is C15H24N4. The molecule has 0 heterocycles. The standard InChI is InChI=1S/C15H24N4/c1-18(2)10-7-11-19(3)13-15(17,12-16)14-8-5-4-6-9-14/h4-6,8-9H,7,10-11,13,17H2,1-3H3. The molecule has 1 unspecified atom stereocenters. The van der Waals surface area contributed by atoms with Crippen LogP contribution in [0.5, 0.6) is 0 Å². The number of nitrogens with two attached hydrogens (primary N) is 1. The normalized spacial score (nSPS) is 14.4. The first kappa shape index (κ1) is 15.6. The summed E-state index contributed by atoms with van der Waals surface area (Å²) in [6.45, 7) is 2.52. The Balaban J connectivity index is 2.59. The number of nitriles is 1. The van der Waals surface area contributed by atoms with E-state index in [4.69, 9.17) is 5.73 Å². The van der Waals surface area contributed by atoms with Crippen LogP contribution in [0, 0.1) is 11.3 Å². The molecule has 4 heteroatoms. The van der Waals surface area contributed by atoms with Crippen molar-refractivity contribution in [3.05, 3.63) is 35.9 Å². The van der Waals surface area contributed by atoms with Crippen LogP contribution in [0.25, 0.3) is 0 Å². The summed E-state index contributed by atoms with van der Waals surface area (Å²) in [7, 11) is 6.14. The van der Waals surface area contributed by atoms with E-state index in [2.05, 4.69) is 30.0 Å². The summed E-state index contributed by atoms with van der Waals surface area (Å²) in [6, 6.07) is 11.8. The predicted octanol–water partition coefficient (Wildman–Crippen LogP) is 1.25. The first-order valence-corrected chi connectivity index (χ1v) is 6.57. The van der Waals surface area contributed by atoms with Crippen molar-refractivity contribution in [1.82, 2.24) is 9.80 Å². The van der Waals surface area contributed by atoms with E-state index < -0.39 is 5.54 Å². The van der Waals surface area contributed by atoms with Crippen molar-refractivity contribution in [2.45, 2.75) is 12.0 Å². The van der Waals surface area contributed by atoms with Gasteiger partial charge in [-0.25, -0.2) is 0 Å². The lowest BCUT2D eigenvalue weighted by Crippen LogP contribution is -2.46. The van der Waals surface area contributed by atoms with E-state index in [1.54, 1.807) is 0 Å². The fourth-order valence-electron chi connectivity index (χ4n) is 2.09. The number of hydrogen-bond acceptors (Lipinski definition) is 4. The maximum atomic E-state index is 9.39. The summed E-state index contributed by atoms with van der Waals surface area (Å²) < 4.78 is 0. The van der Waals surface area contributed by atoms with E-state index in [-0.39, 0.29) is 0 Å². The highest BCUT2D eigenvalue weighted by molar-refractivity contribution is 5.31. The van der Waals surface area contributed by atoms with Gasteiger partial charge in [0.25, 0.3) is 0 Å². The van der Waals surface area contributed by atoms with Gasteiger partial charge < -0.3 is 15.5 Å². The predicted molar refractivity (Wildman–Crippen MR) is 78.6 cm³/mol. The maximum absolute atomic E-state index is 9.39. The third-order valence-electron chi connectivity index (χ3n) is 3.15. The molecule has 0 bridgehead atoms. The van der Waals surface area contributed by atoms with E-state index in [1.807, 2.05) is 37.4 Å². The smallest absolute Gasteiger partial charge is 0.142 e. The lowest BCUT2D eigenvalue weighted by atomic mass is 9.92. The van der Waals surface area contributed by atoms with Crippen molar-refractivity contribution < 1.29 is 0 Å². The third-order valence-corrected chi connectivity index (χ3v) is 3.15. The van der Waals surface area contributed by atoms with Crippen molar-refractivity contribution in [3.63, 3.8) is 0 Å². The number of nitrogens with zero attached hydrogens (tertiary/aromatic N) is 3. The Morgan fingerprint density at radius 1 is 1.16 bits per heavy atom. The molecule has 1 rings (SSSR count). The van der Waals surface area contributed by atoms with Gasteiger partial charge in [0.2, 0.25) is 0 Å². The highest BCUT2D eigenvalue weighted by Gasteiger charge is 2.28. The zero-order valence-corrected chi connectivity index (χ0v) is 12.1. The molecular weight excluding hydrogens is 236 g/mol. The van der Waals surface area contributed by atoms with Crippen LogP contribution in [0.1, 0.15) is 12.0 Å². The largest absolute Gasteiger partial charge is 0.309 e. The lowest BCUT2D eigenvalue weighted by Gasteiger charge is -2.28. The zero-order chi connectivity index (χ0) is 14.3. The van der Waals surface area contributed by atoms with Gasteiger partial charge in [-0.3, -0.25) is 0 Å². The summed E-state index contributed by atoms with van der Waals surface area (Å²) in [4.78, 5) is 4.28. The van der Waals surface area contributed by atoms with E-state index in [0.29, 0.717) is 6.54 Å². The third kappa shape index (κ3) is 4.99. The van der Waals surface area contributed by atoms with Crippen LogP contribution >= 0.6 is 0 Å². The highest BCUT2D eigenvalue weighted by Crippen LogP contribution is 2.18. The van der Waals surface area contributed by atoms with Crippen LogP contribution in [-0.4, -0.2) is 50.6 Å². The quantitative estimate of drug-likeness (QED) is 0.801. The summed E-state index contributed by atoms with van der Waals surface area (Å²) in [5, 5.41) is 9.39. The van der Waals surface area contributed by atoms with Gasteiger partial charge in [-0.1, -0.05) is 30.3 Å². The Labute approximate surface area is 116 Å². The van der Waals surface area contributed by atoms with Gasteiger partial charge in [0.05, 0.1) is 6.07 Å². The second-order valence-corrected chi connectivity index (χ2v) is 5.34. The van der Waals surface area contributed by atoms with Crippen LogP contribution < -0.4 is 5.73 Å². The Hall–Kier alpha value is -1.41. The molecule has 0 amide bonds. The van der Waals surface area contributed by atoms with Crippen LogP contribution in [0.4, 0.5) is 0 Å². The topological polar surface area (TPSA) is 56.3 Å². The average molecular weight is 260 g/mol. The molecule has 2 N–H and O–H groups in total. The van der Waals surface area contributed by atoms with Crippen LogP contribution in [0.15, 0.2) is 30.3 Å². The fraction of sp³-hybridized carbons (Fsp3) is 0.533. The van der Waals surface area contributed by atoms with Gasteiger partial charge in [-0.05, 0) is 46.2 Å². The molecule has 0 aliphatic rings. The zero-order valence-electron chi connectivity index (χ0n) is 12.1. The van der Waals surface area contributed by atoms with Crippen molar-refractivity contribution in [2.24, 2.45) is 5.73 Å². The second-order valence-electron chi connectivity index (χ2n) is 5.34. The SMILES string of the molecule is CN(C)CCCN(C)CC(N)(C#N)c1ccccc1. The van der Waals surface area contributed by atoms with Crippen LogP contribution in [-0.2, 0) is 5.54 Å². The van der Waals surface area contributed by atoms with Crippen molar-refractivity contribution in [1.29, 1.82) is 5.26 Å². The minimum atomic E-state index is -0.936. The van der Waals surface area contributed by atoms with Crippen LogP contribution in [0.2, 0.25) is 0 Å². The molecule has 19 heavy (non-hydrogen) atoms. The highest BCUT2D eigenvalue weighted by atomic mass is 15.1. The molecule has 104 valence electrons. The second kappa shape index (κ2) is 7.25. The van der Waals surface area contributed by atoms with E-state index in [0.717, 1.165) is 25.1 Å². The molecule has 0 aliphatic heterocycles. The van der Waals surface area contributed by atoms with Crippen molar-refractivity contribution >= 4 is 0 Å². The molecule has 0 radical (unpaired) electrons. The number of likely N-dealkylation sites (N-methyl/N-ethyl adjacent to an activating group) is 1. The van der Waals surface area contributed by atoms with E-state index in [9.17, 15) is 5.26 Å². The minimum Gasteiger partial charge on any atom is -0.309 e. The molecule has 0 fully saturated rings. The Bertz CT molecular complexity index is 410. The summed E-state index contributed by atoms with van der Waals surface area (Å²) in [5.74, 6) is 0. The maximum Gasteiger partial charge on any atom is 0.142 e. The van der Waals surface area contributed by atoms with Gasteiger partial charge in [-0.15, -0.1) is 0 Å². The van der Waals surface area contributed by atoms with E-state index >= 15 is 0 Å².